The second-order valence-electron chi connectivity index (χ2n) is 8.29. The number of aryl methyl sites for hydroxylation is 1. The third-order valence-electron chi connectivity index (χ3n) is 4.97. The Bertz CT molecular complexity index is 798. The topological polar surface area (TPSA) is 126 Å². The molecule has 1 rings (SSSR count). The van der Waals surface area contributed by atoms with Crippen LogP contribution in [0.4, 0.5) is 0 Å². The molecule has 0 aliphatic heterocycles. The van der Waals surface area contributed by atoms with E-state index >= 15 is 0 Å². The van der Waals surface area contributed by atoms with Gasteiger partial charge in [-0.05, 0) is 19.1 Å². The number of rotatable bonds is 31. The average molecular weight is 631 g/mol. The zero-order valence-corrected chi connectivity index (χ0v) is 25.7. The third kappa shape index (κ3) is 24.2. The Kier molecular flexibility index (Phi) is 25.9. The van der Waals surface area contributed by atoms with Crippen molar-refractivity contribution in [1.29, 1.82) is 0 Å². The zero-order chi connectivity index (χ0) is 29.7. The minimum atomic E-state index is -3.77. The first-order chi connectivity index (χ1) is 20.1. The largest absolute Gasteiger partial charge is 0.378 e. The van der Waals surface area contributed by atoms with Gasteiger partial charge in [0.15, 0.2) is 0 Å². The number of benzene rings is 1. The van der Waals surface area contributed by atoms with Crippen molar-refractivity contribution in [3.8, 4) is 0 Å². The van der Waals surface area contributed by atoms with E-state index in [1.807, 2.05) is 6.92 Å². The SMILES string of the molecule is Cc1ccc(S(=O)(=O)OCCOCCOCCOCCOCCOCCOCCOCCOCCOCCCl)cc1. The van der Waals surface area contributed by atoms with Gasteiger partial charge in [0, 0.05) is 5.88 Å². The van der Waals surface area contributed by atoms with Crippen LogP contribution >= 0.6 is 11.6 Å². The molecule has 0 N–H and O–H groups in total. The Balaban J connectivity index is 1.71. The monoisotopic (exact) mass is 630 g/mol. The summed E-state index contributed by atoms with van der Waals surface area (Å²) in [6.45, 7) is 10.1. The molecule has 0 saturated carbocycles. The van der Waals surface area contributed by atoms with Gasteiger partial charge in [-0.3, -0.25) is 4.18 Å². The highest BCUT2D eigenvalue weighted by Gasteiger charge is 2.14. The fourth-order valence-electron chi connectivity index (χ4n) is 2.89. The number of ether oxygens (including phenoxy) is 9. The number of halogens is 1. The van der Waals surface area contributed by atoms with Crippen molar-refractivity contribution >= 4 is 21.7 Å². The first-order valence-electron chi connectivity index (χ1n) is 13.8. The van der Waals surface area contributed by atoms with Crippen LogP contribution in [0.15, 0.2) is 29.2 Å². The lowest BCUT2D eigenvalue weighted by molar-refractivity contribution is -0.0251. The van der Waals surface area contributed by atoms with E-state index in [0.29, 0.717) is 118 Å². The lowest BCUT2D eigenvalue weighted by Crippen LogP contribution is -2.15. The molecule has 0 atom stereocenters. The average Bonchev–Trinajstić information content (AvgIpc) is 2.96. The first-order valence-corrected chi connectivity index (χ1v) is 15.7. The molecule has 0 heterocycles. The summed E-state index contributed by atoms with van der Waals surface area (Å²) in [5.41, 5.74) is 0.976. The second kappa shape index (κ2) is 27.9. The molecule has 240 valence electrons. The molecule has 0 aliphatic carbocycles. The molecule has 0 amide bonds. The third-order valence-corrected chi connectivity index (χ3v) is 6.45. The van der Waals surface area contributed by atoms with Gasteiger partial charge < -0.3 is 42.6 Å². The maximum atomic E-state index is 12.0. The van der Waals surface area contributed by atoms with Crippen LogP contribution in [0.1, 0.15) is 5.56 Å². The molecule has 1 aromatic rings. The molecule has 0 radical (unpaired) electrons. The Labute approximate surface area is 249 Å². The maximum Gasteiger partial charge on any atom is 0.297 e. The van der Waals surface area contributed by atoms with Crippen LogP contribution in [0, 0.1) is 6.92 Å². The van der Waals surface area contributed by atoms with Crippen LogP contribution in [0.25, 0.3) is 0 Å². The van der Waals surface area contributed by atoms with Crippen molar-refractivity contribution in [3.63, 3.8) is 0 Å². The highest BCUT2D eigenvalue weighted by Crippen LogP contribution is 2.12. The molecule has 12 nitrogen and oxygen atoms in total. The number of alkyl halides is 1. The van der Waals surface area contributed by atoms with Crippen molar-refractivity contribution in [3.05, 3.63) is 29.8 Å². The molecule has 0 aromatic heterocycles. The molecular weight excluding hydrogens is 584 g/mol. The Morgan fingerprint density at radius 1 is 0.463 bits per heavy atom. The molecule has 0 bridgehead atoms. The first kappa shape index (κ1) is 38.1. The summed E-state index contributed by atoms with van der Waals surface area (Å²) in [5.74, 6) is 0.490. The van der Waals surface area contributed by atoms with E-state index in [1.54, 1.807) is 12.1 Å². The number of hydrogen-bond donors (Lipinski definition) is 0. The van der Waals surface area contributed by atoms with Gasteiger partial charge in [0.25, 0.3) is 10.1 Å². The quantitative estimate of drug-likeness (QED) is 0.0677. The van der Waals surface area contributed by atoms with Crippen molar-refractivity contribution < 1.29 is 55.2 Å². The van der Waals surface area contributed by atoms with E-state index in [9.17, 15) is 8.42 Å². The van der Waals surface area contributed by atoms with Gasteiger partial charge in [-0.2, -0.15) is 8.42 Å². The summed E-state index contributed by atoms with van der Waals surface area (Å²) >= 11 is 5.50. The van der Waals surface area contributed by atoms with Gasteiger partial charge in [-0.15, -0.1) is 11.6 Å². The van der Waals surface area contributed by atoms with Gasteiger partial charge >= 0.3 is 0 Å². The van der Waals surface area contributed by atoms with Crippen LogP contribution in [0.3, 0.4) is 0 Å². The van der Waals surface area contributed by atoms with E-state index in [0.717, 1.165) is 5.56 Å². The van der Waals surface area contributed by atoms with Crippen molar-refractivity contribution in [2.75, 3.05) is 131 Å². The maximum absolute atomic E-state index is 12.0. The Morgan fingerprint density at radius 2 is 0.732 bits per heavy atom. The van der Waals surface area contributed by atoms with Crippen LogP contribution in [0.5, 0.6) is 0 Å². The summed E-state index contributed by atoms with van der Waals surface area (Å²) < 4.78 is 77.5. The Morgan fingerprint density at radius 3 is 1.02 bits per heavy atom. The van der Waals surface area contributed by atoms with E-state index in [-0.39, 0.29) is 18.1 Å². The molecule has 0 aliphatic rings. The van der Waals surface area contributed by atoms with E-state index in [2.05, 4.69) is 0 Å². The molecule has 1 aromatic carbocycles. The van der Waals surface area contributed by atoms with E-state index in [1.165, 1.54) is 12.1 Å². The minimum absolute atomic E-state index is 0.0572. The molecule has 0 unspecified atom stereocenters. The van der Waals surface area contributed by atoms with Gasteiger partial charge in [0.1, 0.15) is 0 Å². The molecule has 41 heavy (non-hydrogen) atoms. The predicted molar refractivity (Wildman–Crippen MR) is 152 cm³/mol. The Hall–Kier alpha value is -0.940. The smallest absolute Gasteiger partial charge is 0.297 e. The van der Waals surface area contributed by atoms with Crippen molar-refractivity contribution in [1.82, 2.24) is 0 Å². The molecule has 14 heteroatoms. The van der Waals surface area contributed by atoms with Crippen LogP contribution in [-0.2, 0) is 56.9 Å². The van der Waals surface area contributed by atoms with Crippen LogP contribution in [0.2, 0.25) is 0 Å². The minimum Gasteiger partial charge on any atom is -0.378 e. The highest BCUT2D eigenvalue weighted by molar-refractivity contribution is 7.86. The molecule has 0 saturated heterocycles. The van der Waals surface area contributed by atoms with Gasteiger partial charge in [-0.1, -0.05) is 17.7 Å². The molecular formula is C27H47ClO12S. The zero-order valence-electron chi connectivity index (χ0n) is 24.1. The van der Waals surface area contributed by atoms with Crippen molar-refractivity contribution in [2.45, 2.75) is 11.8 Å². The van der Waals surface area contributed by atoms with Gasteiger partial charge in [-0.25, -0.2) is 0 Å². The van der Waals surface area contributed by atoms with E-state index in [4.69, 9.17) is 58.4 Å². The van der Waals surface area contributed by atoms with Crippen LogP contribution in [-0.4, -0.2) is 140 Å². The molecule has 0 spiro atoms. The number of hydrogen-bond acceptors (Lipinski definition) is 12. The summed E-state index contributed by atoms with van der Waals surface area (Å²) in [4.78, 5) is 0.129. The summed E-state index contributed by atoms with van der Waals surface area (Å²) in [6.07, 6.45) is 0. The standard InChI is InChI=1S/C27H47ClO12S/c1-26-2-4-27(5-3-26)41(29,30)40-25-24-39-23-22-38-21-20-37-19-18-36-17-16-35-15-14-34-13-12-33-11-10-32-9-8-31-7-6-28/h2-5H,6-25H2,1H3. The van der Waals surface area contributed by atoms with Crippen molar-refractivity contribution in [2.24, 2.45) is 0 Å². The fourth-order valence-corrected chi connectivity index (χ4v) is 3.89. The fraction of sp³-hybridized carbons (Fsp3) is 0.778. The van der Waals surface area contributed by atoms with Gasteiger partial charge in [0.2, 0.25) is 0 Å². The van der Waals surface area contributed by atoms with E-state index < -0.39 is 10.1 Å². The predicted octanol–water partition coefficient (Wildman–Crippen LogP) is 2.09. The summed E-state index contributed by atoms with van der Waals surface area (Å²) in [5, 5.41) is 0. The second-order valence-corrected chi connectivity index (χ2v) is 10.3. The molecule has 0 fully saturated rings. The lowest BCUT2D eigenvalue weighted by atomic mass is 10.2. The lowest BCUT2D eigenvalue weighted by Gasteiger charge is -2.09. The van der Waals surface area contributed by atoms with Crippen LogP contribution < -0.4 is 0 Å². The normalized spacial score (nSPS) is 11.9. The highest BCUT2D eigenvalue weighted by atomic mass is 35.5. The van der Waals surface area contributed by atoms with Gasteiger partial charge in [0.05, 0.1) is 130 Å². The summed E-state index contributed by atoms with van der Waals surface area (Å²) in [6, 6.07) is 6.48. The summed E-state index contributed by atoms with van der Waals surface area (Å²) in [7, 11) is -3.77.